The maximum atomic E-state index is 13.2. The van der Waals surface area contributed by atoms with Crippen LogP contribution in [0.5, 0.6) is 0 Å². The number of hydrogen-bond acceptors (Lipinski definition) is 3. The van der Waals surface area contributed by atoms with E-state index in [1.807, 2.05) is 0 Å². The number of non-ortho nitro benzene ring substituents is 1. The molecule has 1 aromatic rings. The van der Waals surface area contributed by atoms with Gasteiger partial charge in [-0.05, 0) is 0 Å². The summed E-state index contributed by atoms with van der Waals surface area (Å²) >= 11 is 3.18. The minimum absolute atomic E-state index is 0.146. The van der Waals surface area contributed by atoms with Crippen LogP contribution in [0.4, 0.5) is 15.8 Å². The number of halogens is 2. The van der Waals surface area contributed by atoms with Crippen LogP contribution in [-0.4, -0.2) is 10.3 Å². The van der Waals surface area contributed by atoms with E-state index in [0.29, 0.717) is 11.8 Å². The van der Waals surface area contributed by atoms with Crippen LogP contribution in [-0.2, 0) is 0 Å². The number of hydrogen-bond donors (Lipinski definition) is 1. The molecule has 1 aromatic carbocycles. The van der Waals surface area contributed by atoms with Crippen molar-refractivity contribution in [1.29, 1.82) is 0 Å². The molecular formula is C10H8BrFN2O2. The van der Waals surface area contributed by atoms with Crippen LogP contribution in [0.25, 0.3) is 0 Å². The standard InChI is InChI=1S/C10H8BrFN2O2/c11-4-2-1-3-7-5-8(14(15)16)6-9(12)10(7)13/h5-6H,2,4,13H2. The van der Waals surface area contributed by atoms with E-state index in [1.54, 1.807) is 0 Å². The molecule has 0 aliphatic carbocycles. The molecule has 0 aromatic heterocycles. The van der Waals surface area contributed by atoms with Crippen LogP contribution in [0.3, 0.4) is 0 Å². The van der Waals surface area contributed by atoms with Gasteiger partial charge in [-0.2, -0.15) is 0 Å². The van der Waals surface area contributed by atoms with E-state index in [-0.39, 0.29) is 16.9 Å². The van der Waals surface area contributed by atoms with Gasteiger partial charge in [-0.15, -0.1) is 0 Å². The summed E-state index contributed by atoms with van der Waals surface area (Å²) in [6.45, 7) is 0. The topological polar surface area (TPSA) is 69.2 Å². The van der Waals surface area contributed by atoms with Gasteiger partial charge in [0.15, 0.2) is 5.82 Å². The fourth-order valence-corrected chi connectivity index (χ4v) is 1.22. The average molecular weight is 287 g/mol. The van der Waals surface area contributed by atoms with Gasteiger partial charge in [-0.3, -0.25) is 10.1 Å². The third-order valence-corrected chi connectivity index (χ3v) is 2.16. The van der Waals surface area contributed by atoms with Crippen molar-refractivity contribution >= 4 is 27.3 Å². The average Bonchev–Trinajstić information content (AvgIpc) is 2.24. The lowest BCUT2D eigenvalue weighted by molar-refractivity contribution is -0.385. The summed E-state index contributed by atoms with van der Waals surface area (Å²) in [6.07, 6.45) is 0.559. The zero-order chi connectivity index (χ0) is 12.1. The molecule has 0 saturated heterocycles. The van der Waals surface area contributed by atoms with Gasteiger partial charge in [0.05, 0.1) is 22.2 Å². The molecule has 84 valence electrons. The lowest BCUT2D eigenvalue weighted by Gasteiger charge is -2.00. The first-order valence-electron chi connectivity index (χ1n) is 4.34. The maximum absolute atomic E-state index is 13.2. The summed E-state index contributed by atoms with van der Waals surface area (Å²) in [4.78, 5) is 9.81. The van der Waals surface area contributed by atoms with Gasteiger partial charge in [0, 0.05) is 17.8 Å². The van der Waals surface area contributed by atoms with Crippen LogP contribution in [0.2, 0.25) is 0 Å². The molecule has 0 bridgehead atoms. The predicted molar refractivity (Wildman–Crippen MR) is 62.8 cm³/mol. The molecule has 4 nitrogen and oxygen atoms in total. The summed E-state index contributed by atoms with van der Waals surface area (Å²) < 4.78 is 13.2. The maximum Gasteiger partial charge on any atom is 0.273 e. The largest absolute Gasteiger partial charge is 0.395 e. The predicted octanol–water partition coefficient (Wildman–Crippen LogP) is 2.45. The third-order valence-electron chi connectivity index (χ3n) is 1.77. The quantitative estimate of drug-likeness (QED) is 0.298. The zero-order valence-corrected chi connectivity index (χ0v) is 9.75. The number of alkyl halides is 1. The van der Waals surface area contributed by atoms with E-state index in [0.717, 1.165) is 6.07 Å². The van der Waals surface area contributed by atoms with Crippen molar-refractivity contribution in [2.24, 2.45) is 0 Å². The van der Waals surface area contributed by atoms with Crippen LogP contribution in [0, 0.1) is 27.8 Å². The fraction of sp³-hybridized carbons (Fsp3) is 0.200. The summed E-state index contributed by atoms with van der Waals surface area (Å²) in [6, 6.07) is 1.95. The van der Waals surface area contributed by atoms with Crippen molar-refractivity contribution in [2.75, 3.05) is 11.1 Å². The smallest absolute Gasteiger partial charge is 0.273 e. The number of anilines is 1. The van der Waals surface area contributed by atoms with E-state index in [9.17, 15) is 14.5 Å². The molecular weight excluding hydrogens is 279 g/mol. The van der Waals surface area contributed by atoms with Crippen molar-refractivity contribution in [1.82, 2.24) is 0 Å². The Morgan fingerprint density at radius 3 is 2.81 bits per heavy atom. The highest BCUT2D eigenvalue weighted by atomic mass is 79.9. The van der Waals surface area contributed by atoms with E-state index in [2.05, 4.69) is 27.8 Å². The Bertz CT molecular complexity index is 480. The second-order valence-corrected chi connectivity index (χ2v) is 3.68. The Hall–Kier alpha value is -1.61. The van der Waals surface area contributed by atoms with E-state index in [4.69, 9.17) is 5.73 Å². The molecule has 16 heavy (non-hydrogen) atoms. The second kappa shape index (κ2) is 5.47. The van der Waals surface area contributed by atoms with Gasteiger partial charge in [-0.1, -0.05) is 27.8 Å². The highest BCUT2D eigenvalue weighted by Crippen LogP contribution is 2.22. The highest BCUT2D eigenvalue weighted by molar-refractivity contribution is 9.09. The van der Waals surface area contributed by atoms with Crippen LogP contribution >= 0.6 is 15.9 Å². The highest BCUT2D eigenvalue weighted by Gasteiger charge is 2.13. The Morgan fingerprint density at radius 2 is 2.25 bits per heavy atom. The number of nitrogens with two attached hydrogens (primary N) is 1. The van der Waals surface area contributed by atoms with Crippen LogP contribution < -0.4 is 5.73 Å². The summed E-state index contributed by atoms with van der Waals surface area (Å²) in [5, 5.41) is 11.2. The number of nitrogens with zero attached hydrogens (tertiary/aromatic N) is 1. The molecule has 0 aliphatic heterocycles. The molecule has 0 fully saturated rings. The Labute approximate surface area is 99.9 Å². The summed E-state index contributed by atoms with van der Waals surface area (Å²) in [5.41, 5.74) is 5.06. The van der Waals surface area contributed by atoms with E-state index in [1.165, 1.54) is 6.07 Å². The summed E-state index contributed by atoms with van der Waals surface area (Å²) in [5.74, 6) is 4.50. The number of rotatable bonds is 2. The Balaban J connectivity index is 3.18. The number of nitro benzene ring substituents is 1. The first-order chi connectivity index (χ1) is 7.56. The number of nitro groups is 1. The lowest BCUT2D eigenvalue weighted by Crippen LogP contribution is -1.98. The minimum Gasteiger partial charge on any atom is -0.395 e. The van der Waals surface area contributed by atoms with Gasteiger partial charge in [0.25, 0.3) is 5.69 Å². The molecule has 0 aliphatic rings. The van der Waals surface area contributed by atoms with Crippen molar-refractivity contribution in [3.8, 4) is 11.8 Å². The minimum atomic E-state index is -0.822. The third kappa shape index (κ3) is 2.94. The molecule has 1 rings (SSSR count). The van der Waals surface area contributed by atoms with Gasteiger partial charge < -0.3 is 5.73 Å². The monoisotopic (exact) mass is 286 g/mol. The van der Waals surface area contributed by atoms with Crippen molar-refractivity contribution in [3.63, 3.8) is 0 Å². The first kappa shape index (κ1) is 12.5. The SMILES string of the molecule is Nc1c(F)cc([N+](=O)[O-])cc1C#CCCBr. The molecule has 0 amide bonds. The van der Waals surface area contributed by atoms with E-state index < -0.39 is 10.7 Å². The second-order valence-electron chi connectivity index (χ2n) is 2.89. The summed E-state index contributed by atoms with van der Waals surface area (Å²) in [7, 11) is 0. The number of benzene rings is 1. The fourth-order valence-electron chi connectivity index (χ4n) is 1.02. The van der Waals surface area contributed by atoms with Crippen molar-refractivity contribution < 1.29 is 9.31 Å². The van der Waals surface area contributed by atoms with Crippen LogP contribution in [0.15, 0.2) is 12.1 Å². The Kier molecular flexibility index (Phi) is 4.26. The van der Waals surface area contributed by atoms with E-state index >= 15 is 0 Å². The van der Waals surface area contributed by atoms with Gasteiger partial charge in [-0.25, -0.2) is 4.39 Å². The van der Waals surface area contributed by atoms with Crippen molar-refractivity contribution in [3.05, 3.63) is 33.6 Å². The van der Waals surface area contributed by atoms with Crippen LogP contribution in [0.1, 0.15) is 12.0 Å². The lowest BCUT2D eigenvalue weighted by atomic mass is 10.1. The molecule has 0 heterocycles. The molecule has 0 saturated carbocycles. The molecule has 0 spiro atoms. The van der Waals surface area contributed by atoms with Gasteiger partial charge in [0.1, 0.15) is 0 Å². The molecule has 0 unspecified atom stereocenters. The normalized spacial score (nSPS) is 9.38. The molecule has 2 N–H and O–H groups in total. The molecule has 6 heteroatoms. The van der Waals surface area contributed by atoms with Gasteiger partial charge >= 0.3 is 0 Å². The van der Waals surface area contributed by atoms with Gasteiger partial charge in [0.2, 0.25) is 0 Å². The Morgan fingerprint density at radius 1 is 1.56 bits per heavy atom. The zero-order valence-electron chi connectivity index (χ0n) is 8.17. The molecule has 0 atom stereocenters. The number of nitrogen functional groups attached to an aromatic ring is 1. The first-order valence-corrected chi connectivity index (χ1v) is 5.46. The van der Waals surface area contributed by atoms with Crippen molar-refractivity contribution in [2.45, 2.75) is 6.42 Å². The molecule has 0 radical (unpaired) electrons.